The van der Waals surface area contributed by atoms with Crippen molar-refractivity contribution >= 4 is 33.2 Å². The lowest BCUT2D eigenvalue weighted by Gasteiger charge is -2.22. The van der Waals surface area contributed by atoms with Crippen molar-refractivity contribution in [2.24, 2.45) is 5.73 Å². The van der Waals surface area contributed by atoms with E-state index in [1.54, 1.807) is 0 Å². The minimum Gasteiger partial charge on any atom is -0.377 e. The Morgan fingerprint density at radius 3 is 2.67 bits per heavy atom. The van der Waals surface area contributed by atoms with Gasteiger partial charge >= 0.3 is 0 Å². The molecule has 1 atom stereocenters. The second kappa shape index (κ2) is 6.39. The van der Waals surface area contributed by atoms with E-state index in [0.29, 0.717) is 17.5 Å². The van der Waals surface area contributed by atoms with E-state index in [4.69, 9.17) is 17.3 Å². The molecule has 1 fully saturated rings. The van der Waals surface area contributed by atoms with Crippen molar-refractivity contribution in [3.05, 3.63) is 63.1 Å². The van der Waals surface area contributed by atoms with Crippen molar-refractivity contribution in [3.8, 4) is 0 Å². The van der Waals surface area contributed by atoms with Crippen LogP contribution in [0, 0.1) is 0 Å². The highest BCUT2D eigenvalue weighted by Crippen LogP contribution is 2.43. The maximum atomic E-state index is 6.04. The molecular weight excluding hydrogens is 348 g/mol. The number of halogens is 2. The summed E-state index contributed by atoms with van der Waals surface area (Å²) < 4.78 is 0.889. The Balaban J connectivity index is 1.86. The predicted molar refractivity (Wildman–Crippen MR) is 93.0 cm³/mol. The van der Waals surface area contributed by atoms with Gasteiger partial charge in [0.15, 0.2) is 0 Å². The minimum absolute atomic E-state index is 0.120. The van der Waals surface area contributed by atoms with Crippen molar-refractivity contribution in [3.63, 3.8) is 0 Å². The fourth-order valence-electron chi connectivity index (χ4n) is 2.65. The standard InChI is InChI=1S/C17H18BrClN2/c18-15-9-12(7-8-16(15)19)21-17(10-20)14-4-2-1-3-13(14)11-5-6-11/h1-4,7-9,11,17,21H,5-6,10,20H2. The van der Waals surface area contributed by atoms with E-state index < -0.39 is 0 Å². The molecule has 1 unspecified atom stereocenters. The maximum absolute atomic E-state index is 6.04. The van der Waals surface area contributed by atoms with Crippen LogP contribution < -0.4 is 11.1 Å². The van der Waals surface area contributed by atoms with Crippen LogP contribution >= 0.6 is 27.5 Å². The highest BCUT2D eigenvalue weighted by molar-refractivity contribution is 9.10. The first-order valence-corrected chi connectivity index (χ1v) is 8.36. The monoisotopic (exact) mass is 364 g/mol. The van der Waals surface area contributed by atoms with Crippen LogP contribution in [0.1, 0.15) is 35.9 Å². The van der Waals surface area contributed by atoms with Gasteiger partial charge in [0.25, 0.3) is 0 Å². The van der Waals surface area contributed by atoms with Gasteiger partial charge in [0.2, 0.25) is 0 Å². The van der Waals surface area contributed by atoms with Gasteiger partial charge in [0, 0.05) is 16.7 Å². The van der Waals surface area contributed by atoms with E-state index in [0.717, 1.165) is 10.2 Å². The third-order valence-corrected chi connectivity index (χ3v) is 5.10. The third kappa shape index (κ3) is 3.42. The zero-order chi connectivity index (χ0) is 14.8. The summed E-state index contributed by atoms with van der Waals surface area (Å²) in [5, 5.41) is 4.23. The summed E-state index contributed by atoms with van der Waals surface area (Å²) in [4.78, 5) is 0. The number of nitrogens with two attached hydrogens (primary N) is 1. The first-order chi connectivity index (χ1) is 10.2. The Bertz CT molecular complexity index is 640. The van der Waals surface area contributed by atoms with Crippen LogP contribution in [-0.2, 0) is 0 Å². The molecule has 3 N–H and O–H groups in total. The molecule has 21 heavy (non-hydrogen) atoms. The quantitative estimate of drug-likeness (QED) is 0.774. The van der Waals surface area contributed by atoms with Crippen molar-refractivity contribution < 1.29 is 0 Å². The lowest BCUT2D eigenvalue weighted by molar-refractivity contribution is 0.776. The van der Waals surface area contributed by atoms with Crippen LogP contribution in [0.5, 0.6) is 0 Å². The van der Waals surface area contributed by atoms with E-state index >= 15 is 0 Å². The number of hydrogen-bond acceptors (Lipinski definition) is 2. The van der Waals surface area contributed by atoms with Gasteiger partial charge in [-0.25, -0.2) is 0 Å². The molecule has 0 heterocycles. The number of anilines is 1. The van der Waals surface area contributed by atoms with E-state index in [1.807, 2.05) is 18.2 Å². The molecule has 0 aliphatic heterocycles. The zero-order valence-electron chi connectivity index (χ0n) is 11.7. The third-order valence-electron chi connectivity index (χ3n) is 3.88. The number of hydrogen-bond donors (Lipinski definition) is 2. The average molecular weight is 366 g/mol. The predicted octanol–water partition coefficient (Wildman–Crippen LogP) is 5.09. The SMILES string of the molecule is NCC(Nc1ccc(Cl)c(Br)c1)c1ccccc1C1CC1. The van der Waals surface area contributed by atoms with E-state index in [9.17, 15) is 0 Å². The molecule has 1 aliphatic rings. The number of benzene rings is 2. The Labute approximate surface area is 138 Å². The summed E-state index contributed by atoms with van der Waals surface area (Å²) in [6.45, 7) is 0.560. The molecule has 3 rings (SSSR count). The summed E-state index contributed by atoms with van der Waals surface area (Å²) in [5.41, 5.74) is 9.78. The van der Waals surface area contributed by atoms with Crippen LogP contribution in [0.15, 0.2) is 46.9 Å². The fourth-order valence-corrected chi connectivity index (χ4v) is 3.14. The summed E-state index contributed by atoms with van der Waals surface area (Å²) in [6, 6.07) is 14.6. The molecule has 2 aromatic rings. The molecule has 0 aromatic heterocycles. The van der Waals surface area contributed by atoms with Gasteiger partial charge in [-0.1, -0.05) is 35.9 Å². The second-order valence-electron chi connectivity index (χ2n) is 5.46. The van der Waals surface area contributed by atoms with Crippen molar-refractivity contribution in [2.75, 3.05) is 11.9 Å². The molecule has 0 bridgehead atoms. The summed E-state index contributed by atoms with van der Waals surface area (Å²) in [7, 11) is 0. The number of rotatable bonds is 5. The summed E-state index contributed by atoms with van der Waals surface area (Å²) in [6.07, 6.45) is 2.58. The summed E-state index contributed by atoms with van der Waals surface area (Å²) in [5.74, 6) is 0.717. The topological polar surface area (TPSA) is 38.0 Å². The van der Waals surface area contributed by atoms with Crippen LogP contribution in [0.4, 0.5) is 5.69 Å². The average Bonchev–Trinajstić information content (AvgIpc) is 3.33. The molecule has 0 radical (unpaired) electrons. The van der Waals surface area contributed by atoms with E-state index in [-0.39, 0.29) is 6.04 Å². The first kappa shape index (κ1) is 14.9. The first-order valence-electron chi connectivity index (χ1n) is 7.19. The highest BCUT2D eigenvalue weighted by atomic mass is 79.9. The lowest BCUT2D eigenvalue weighted by Crippen LogP contribution is -2.21. The Kier molecular flexibility index (Phi) is 4.53. The normalized spacial score (nSPS) is 15.8. The van der Waals surface area contributed by atoms with Crippen LogP contribution in [0.2, 0.25) is 5.02 Å². The summed E-state index contributed by atoms with van der Waals surface area (Å²) >= 11 is 9.50. The van der Waals surface area contributed by atoms with Crippen molar-refractivity contribution in [2.45, 2.75) is 24.8 Å². The zero-order valence-corrected chi connectivity index (χ0v) is 14.0. The maximum Gasteiger partial charge on any atom is 0.0638 e. The van der Waals surface area contributed by atoms with Gasteiger partial charge < -0.3 is 11.1 Å². The Morgan fingerprint density at radius 2 is 2.00 bits per heavy atom. The van der Waals surface area contributed by atoms with E-state index in [2.05, 4.69) is 45.5 Å². The lowest BCUT2D eigenvalue weighted by atomic mass is 9.97. The second-order valence-corrected chi connectivity index (χ2v) is 6.73. The molecule has 1 saturated carbocycles. The van der Waals surface area contributed by atoms with E-state index in [1.165, 1.54) is 24.0 Å². The smallest absolute Gasteiger partial charge is 0.0638 e. The van der Waals surface area contributed by atoms with Crippen LogP contribution in [0.3, 0.4) is 0 Å². The number of nitrogens with one attached hydrogen (secondary N) is 1. The fraction of sp³-hybridized carbons (Fsp3) is 0.294. The molecule has 2 aromatic carbocycles. The molecule has 2 nitrogen and oxygen atoms in total. The van der Waals surface area contributed by atoms with Gasteiger partial charge in [-0.15, -0.1) is 0 Å². The largest absolute Gasteiger partial charge is 0.377 e. The van der Waals surface area contributed by atoms with Gasteiger partial charge in [-0.05, 0) is 64.0 Å². The highest BCUT2D eigenvalue weighted by Gasteiger charge is 2.27. The van der Waals surface area contributed by atoms with Gasteiger partial charge in [0.05, 0.1) is 11.1 Å². The molecule has 0 saturated heterocycles. The van der Waals surface area contributed by atoms with Gasteiger partial charge in [-0.2, -0.15) is 0 Å². The van der Waals surface area contributed by atoms with Crippen LogP contribution in [-0.4, -0.2) is 6.54 Å². The minimum atomic E-state index is 0.120. The molecule has 0 amide bonds. The molecule has 1 aliphatic carbocycles. The van der Waals surface area contributed by atoms with Crippen LogP contribution in [0.25, 0.3) is 0 Å². The van der Waals surface area contributed by atoms with Crippen molar-refractivity contribution in [1.29, 1.82) is 0 Å². The van der Waals surface area contributed by atoms with Gasteiger partial charge in [0.1, 0.15) is 0 Å². The molecule has 4 heteroatoms. The molecule has 0 spiro atoms. The molecular formula is C17H18BrClN2. The van der Waals surface area contributed by atoms with Crippen molar-refractivity contribution in [1.82, 2.24) is 0 Å². The molecule has 110 valence electrons. The Hall–Kier alpha value is -1.03. The Morgan fingerprint density at radius 1 is 1.24 bits per heavy atom. The van der Waals surface area contributed by atoms with Gasteiger partial charge in [-0.3, -0.25) is 0 Å².